The fourth-order valence-electron chi connectivity index (χ4n) is 3.02. The second-order valence-corrected chi connectivity index (χ2v) is 5.64. The Morgan fingerprint density at radius 1 is 1.32 bits per heavy atom. The largest absolute Gasteiger partial charge is 0.469 e. The number of rotatable bonds is 4. The summed E-state index contributed by atoms with van der Waals surface area (Å²) in [6.45, 7) is 0.685. The van der Waals surface area contributed by atoms with E-state index in [9.17, 15) is 0 Å². The summed E-state index contributed by atoms with van der Waals surface area (Å²) in [5.74, 6) is 1.12. The normalized spacial score (nSPS) is 17.2. The van der Waals surface area contributed by atoms with Crippen LogP contribution in [0.25, 0.3) is 0 Å². The van der Waals surface area contributed by atoms with Crippen LogP contribution in [0.3, 0.4) is 0 Å². The van der Waals surface area contributed by atoms with Crippen molar-refractivity contribution in [1.82, 2.24) is 14.8 Å². The molecule has 0 saturated heterocycles. The first-order valence-electron chi connectivity index (χ1n) is 7.63. The van der Waals surface area contributed by atoms with E-state index in [1.807, 2.05) is 35.3 Å². The van der Waals surface area contributed by atoms with Crippen LogP contribution in [0.4, 0.5) is 5.69 Å². The van der Waals surface area contributed by atoms with Crippen LogP contribution in [0.1, 0.15) is 35.9 Å². The highest BCUT2D eigenvalue weighted by atomic mass is 16.3. The molecule has 0 saturated carbocycles. The van der Waals surface area contributed by atoms with Gasteiger partial charge in [0.25, 0.3) is 0 Å². The quantitative estimate of drug-likeness (QED) is 0.801. The van der Waals surface area contributed by atoms with Crippen molar-refractivity contribution in [3.8, 4) is 0 Å². The van der Waals surface area contributed by atoms with E-state index in [4.69, 9.17) is 4.42 Å². The molecular formula is C17H18N4O. The standard InChI is InChI=1S/C17H18N4O/c1-2-8-18-13(4-1)11-21-12-14(10-19-21)20-16-5-3-6-17-15(16)7-9-22-17/h1-2,4,7-10,12,16,20H,3,5-6,11H2. The predicted molar refractivity (Wildman–Crippen MR) is 83.6 cm³/mol. The summed E-state index contributed by atoms with van der Waals surface area (Å²) < 4.78 is 7.45. The molecule has 5 heteroatoms. The van der Waals surface area contributed by atoms with Crippen LogP contribution in [0.2, 0.25) is 0 Å². The summed E-state index contributed by atoms with van der Waals surface area (Å²) in [6, 6.07) is 8.31. The van der Waals surface area contributed by atoms with Gasteiger partial charge in [-0.25, -0.2) is 0 Å². The highest BCUT2D eigenvalue weighted by Crippen LogP contribution is 2.33. The van der Waals surface area contributed by atoms with Gasteiger partial charge in [0.15, 0.2) is 0 Å². The number of aryl methyl sites for hydroxylation is 1. The molecule has 1 N–H and O–H groups in total. The van der Waals surface area contributed by atoms with E-state index in [1.54, 1.807) is 12.5 Å². The minimum atomic E-state index is 0.315. The first kappa shape index (κ1) is 13.1. The van der Waals surface area contributed by atoms with E-state index < -0.39 is 0 Å². The second-order valence-electron chi connectivity index (χ2n) is 5.64. The third-order valence-electron chi connectivity index (χ3n) is 4.08. The van der Waals surface area contributed by atoms with Gasteiger partial charge in [0, 0.05) is 24.4 Å². The van der Waals surface area contributed by atoms with Crippen molar-refractivity contribution in [3.05, 3.63) is 66.1 Å². The van der Waals surface area contributed by atoms with Crippen molar-refractivity contribution in [2.75, 3.05) is 5.32 Å². The van der Waals surface area contributed by atoms with Crippen LogP contribution in [0, 0.1) is 0 Å². The van der Waals surface area contributed by atoms with Gasteiger partial charge in [0.05, 0.1) is 36.4 Å². The topological polar surface area (TPSA) is 55.9 Å². The Kier molecular flexibility index (Phi) is 3.39. The van der Waals surface area contributed by atoms with Gasteiger partial charge in [-0.05, 0) is 31.0 Å². The molecule has 4 rings (SSSR count). The molecule has 5 nitrogen and oxygen atoms in total. The van der Waals surface area contributed by atoms with Crippen molar-refractivity contribution < 1.29 is 4.42 Å². The zero-order valence-electron chi connectivity index (χ0n) is 12.3. The summed E-state index contributed by atoms with van der Waals surface area (Å²) in [4.78, 5) is 4.33. The molecule has 3 heterocycles. The summed E-state index contributed by atoms with van der Waals surface area (Å²) in [6.07, 6.45) is 10.8. The number of aromatic nitrogens is 3. The van der Waals surface area contributed by atoms with Crippen LogP contribution in [-0.4, -0.2) is 14.8 Å². The monoisotopic (exact) mass is 294 g/mol. The van der Waals surface area contributed by atoms with Crippen LogP contribution in [-0.2, 0) is 13.0 Å². The van der Waals surface area contributed by atoms with Crippen molar-refractivity contribution in [2.45, 2.75) is 31.8 Å². The van der Waals surface area contributed by atoms with Gasteiger partial charge in [0.1, 0.15) is 5.76 Å². The number of nitrogens with zero attached hydrogens (tertiary/aromatic N) is 3. The molecule has 0 fully saturated rings. The molecule has 22 heavy (non-hydrogen) atoms. The number of anilines is 1. The Labute approximate surface area is 129 Å². The Hall–Kier alpha value is -2.56. The Bertz CT molecular complexity index is 747. The van der Waals surface area contributed by atoms with Crippen LogP contribution in [0.5, 0.6) is 0 Å². The lowest BCUT2D eigenvalue weighted by Gasteiger charge is -2.22. The Morgan fingerprint density at radius 2 is 2.32 bits per heavy atom. The molecule has 0 amide bonds. The maximum absolute atomic E-state index is 5.54. The molecule has 0 radical (unpaired) electrons. The van der Waals surface area contributed by atoms with E-state index in [2.05, 4.69) is 21.5 Å². The lowest BCUT2D eigenvalue weighted by molar-refractivity contribution is 0.461. The zero-order valence-corrected chi connectivity index (χ0v) is 12.3. The van der Waals surface area contributed by atoms with Crippen LogP contribution < -0.4 is 5.32 Å². The number of fused-ring (bicyclic) bond motifs is 1. The minimum absolute atomic E-state index is 0.315. The zero-order chi connectivity index (χ0) is 14.8. The Morgan fingerprint density at radius 3 is 3.23 bits per heavy atom. The van der Waals surface area contributed by atoms with Gasteiger partial charge >= 0.3 is 0 Å². The van der Waals surface area contributed by atoms with E-state index in [0.717, 1.165) is 36.4 Å². The Balaban J connectivity index is 1.47. The van der Waals surface area contributed by atoms with Crippen molar-refractivity contribution in [3.63, 3.8) is 0 Å². The third-order valence-corrected chi connectivity index (χ3v) is 4.08. The maximum atomic E-state index is 5.54. The smallest absolute Gasteiger partial charge is 0.109 e. The van der Waals surface area contributed by atoms with Crippen LogP contribution in [0.15, 0.2) is 53.5 Å². The third kappa shape index (κ3) is 2.62. The minimum Gasteiger partial charge on any atom is -0.469 e. The average molecular weight is 294 g/mol. The number of furan rings is 1. The predicted octanol–water partition coefficient (Wildman–Crippen LogP) is 3.41. The highest BCUT2D eigenvalue weighted by molar-refractivity contribution is 5.43. The lowest BCUT2D eigenvalue weighted by Crippen LogP contribution is -2.15. The van der Waals surface area contributed by atoms with E-state index in [-0.39, 0.29) is 0 Å². The maximum Gasteiger partial charge on any atom is 0.109 e. The molecule has 112 valence electrons. The van der Waals surface area contributed by atoms with Crippen molar-refractivity contribution in [1.29, 1.82) is 0 Å². The van der Waals surface area contributed by atoms with Crippen LogP contribution >= 0.6 is 0 Å². The fraction of sp³-hybridized carbons (Fsp3) is 0.294. The van der Waals surface area contributed by atoms with Gasteiger partial charge in [-0.2, -0.15) is 5.10 Å². The lowest BCUT2D eigenvalue weighted by atomic mass is 9.93. The van der Waals surface area contributed by atoms with E-state index in [0.29, 0.717) is 12.6 Å². The summed E-state index contributed by atoms with van der Waals surface area (Å²) >= 11 is 0. The molecule has 1 aliphatic rings. The van der Waals surface area contributed by atoms with Gasteiger partial charge in [-0.1, -0.05) is 6.07 Å². The number of nitrogens with one attached hydrogen (secondary N) is 1. The molecule has 0 aromatic carbocycles. The molecule has 0 aliphatic heterocycles. The van der Waals surface area contributed by atoms with Gasteiger partial charge in [-0.3, -0.25) is 9.67 Å². The molecule has 1 aliphatic carbocycles. The van der Waals surface area contributed by atoms with Gasteiger partial charge in [-0.15, -0.1) is 0 Å². The summed E-state index contributed by atoms with van der Waals surface area (Å²) in [5.41, 5.74) is 3.32. The molecule has 3 aromatic rings. The average Bonchev–Trinajstić information content (AvgIpc) is 3.18. The number of hydrogen-bond acceptors (Lipinski definition) is 4. The fourth-order valence-corrected chi connectivity index (χ4v) is 3.02. The second kappa shape index (κ2) is 5.67. The van der Waals surface area contributed by atoms with Crippen molar-refractivity contribution >= 4 is 5.69 Å². The molecule has 3 aromatic heterocycles. The van der Waals surface area contributed by atoms with E-state index >= 15 is 0 Å². The highest BCUT2D eigenvalue weighted by Gasteiger charge is 2.22. The summed E-state index contributed by atoms with van der Waals surface area (Å²) in [7, 11) is 0. The first-order valence-corrected chi connectivity index (χ1v) is 7.63. The van der Waals surface area contributed by atoms with E-state index in [1.165, 1.54) is 5.56 Å². The molecule has 0 bridgehead atoms. The molecule has 1 atom stereocenters. The van der Waals surface area contributed by atoms with Gasteiger partial charge < -0.3 is 9.73 Å². The SMILES string of the molecule is c1ccc(Cn2cc(NC3CCCc4occc43)cn2)nc1. The summed E-state index contributed by atoms with van der Waals surface area (Å²) in [5, 5.41) is 7.98. The number of hydrogen-bond donors (Lipinski definition) is 1. The van der Waals surface area contributed by atoms with Gasteiger partial charge in [0.2, 0.25) is 0 Å². The van der Waals surface area contributed by atoms with Crippen molar-refractivity contribution in [2.24, 2.45) is 0 Å². The first-order chi connectivity index (χ1) is 10.9. The number of pyridine rings is 1. The molecule has 1 unspecified atom stereocenters. The molecule has 0 spiro atoms. The molecular weight excluding hydrogens is 276 g/mol.